The highest BCUT2D eigenvalue weighted by molar-refractivity contribution is 6.07. The first-order valence-electron chi connectivity index (χ1n) is 13.0. The number of rotatable bonds is 9. The van der Waals surface area contributed by atoms with E-state index in [1.165, 1.54) is 18.3 Å². The molecule has 13 heteroatoms. The van der Waals surface area contributed by atoms with Crippen LogP contribution in [0.5, 0.6) is 0 Å². The average molecular weight is 570 g/mol. The number of likely N-dealkylation sites (tertiary alicyclic amines) is 1. The Labute approximate surface area is 234 Å². The van der Waals surface area contributed by atoms with E-state index in [1.807, 2.05) is 6.92 Å². The smallest absolute Gasteiger partial charge is 0.382 e. The van der Waals surface area contributed by atoms with Gasteiger partial charge in [0.25, 0.3) is 5.91 Å². The van der Waals surface area contributed by atoms with Crippen LogP contribution in [0, 0.1) is 11.3 Å². The summed E-state index contributed by atoms with van der Waals surface area (Å²) in [6.45, 7) is 3.30. The topological polar surface area (TPSA) is 146 Å². The molecule has 41 heavy (non-hydrogen) atoms. The van der Waals surface area contributed by atoms with Gasteiger partial charge in [-0.05, 0) is 62.2 Å². The number of hydrogen-bond donors (Lipinski definition) is 4. The Kier molecular flexibility index (Phi) is 9.17. The molecule has 1 saturated heterocycles. The summed E-state index contributed by atoms with van der Waals surface area (Å²) in [7, 11) is 0. The van der Waals surface area contributed by atoms with Gasteiger partial charge in [0.05, 0.1) is 11.3 Å². The molecule has 3 heterocycles. The number of anilines is 4. The van der Waals surface area contributed by atoms with Crippen molar-refractivity contribution in [2.24, 2.45) is 5.92 Å². The Hall–Kier alpha value is -4.52. The van der Waals surface area contributed by atoms with Gasteiger partial charge in [0, 0.05) is 60.5 Å². The molecule has 1 aliphatic heterocycles. The second kappa shape index (κ2) is 12.8. The van der Waals surface area contributed by atoms with Gasteiger partial charge in [0.2, 0.25) is 5.91 Å². The number of piperidine rings is 1. The SMILES string of the molecule is CCOCC(=O)N1CCCC(C(=N)c2ccnc(N)c2Nc2ccc(C(=O)Nc3cc(C(F)(F)F)ccn3)cc2)C1. The van der Waals surface area contributed by atoms with E-state index in [-0.39, 0.29) is 35.6 Å². The summed E-state index contributed by atoms with van der Waals surface area (Å²) in [5.74, 6) is -0.992. The number of nitrogens with two attached hydrogens (primary N) is 1. The summed E-state index contributed by atoms with van der Waals surface area (Å²) in [5.41, 5.74) is 7.27. The number of nitrogens with one attached hydrogen (secondary N) is 3. The molecule has 10 nitrogen and oxygen atoms in total. The van der Waals surface area contributed by atoms with Crippen LogP contribution in [-0.2, 0) is 15.7 Å². The van der Waals surface area contributed by atoms with Gasteiger partial charge in [0.1, 0.15) is 18.2 Å². The number of hydrogen-bond acceptors (Lipinski definition) is 8. The van der Waals surface area contributed by atoms with Gasteiger partial charge in [0.15, 0.2) is 0 Å². The Balaban J connectivity index is 1.46. The second-order valence-corrected chi connectivity index (χ2v) is 9.43. The minimum atomic E-state index is -4.56. The van der Waals surface area contributed by atoms with Gasteiger partial charge >= 0.3 is 6.18 Å². The molecule has 0 saturated carbocycles. The zero-order valence-electron chi connectivity index (χ0n) is 22.3. The van der Waals surface area contributed by atoms with Crippen LogP contribution >= 0.6 is 0 Å². The number of nitrogen functional groups attached to an aromatic ring is 1. The minimum Gasteiger partial charge on any atom is -0.382 e. The Bertz CT molecular complexity index is 1410. The van der Waals surface area contributed by atoms with Crippen LogP contribution in [0.1, 0.15) is 41.3 Å². The first-order chi connectivity index (χ1) is 19.6. The van der Waals surface area contributed by atoms with Crippen LogP contribution < -0.4 is 16.4 Å². The number of benzene rings is 1. The maximum Gasteiger partial charge on any atom is 0.416 e. The summed E-state index contributed by atoms with van der Waals surface area (Å²) in [4.78, 5) is 34.7. The molecule has 2 amide bonds. The Morgan fingerprint density at radius 1 is 1.15 bits per heavy atom. The lowest BCUT2D eigenvalue weighted by Crippen LogP contribution is -2.44. The van der Waals surface area contributed by atoms with Crippen LogP contribution in [0.3, 0.4) is 0 Å². The van der Waals surface area contributed by atoms with Crippen molar-refractivity contribution in [1.82, 2.24) is 14.9 Å². The van der Waals surface area contributed by atoms with Crippen molar-refractivity contribution < 1.29 is 27.5 Å². The largest absolute Gasteiger partial charge is 0.416 e. The molecule has 5 N–H and O–H groups in total. The molecule has 216 valence electrons. The molecule has 1 unspecified atom stereocenters. The van der Waals surface area contributed by atoms with Gasteiger partial charge in [-0.25, -0.2) is 9.97 Å². The molecule has 0 spiro atoms. The number of carbonyl (C=O) groups is 2. The lowest BCUT2D eigenvalue weighted by Gasteiger charge is -2.33. The number of carbonyl (C=O) groups excluding carboxylic acids is 2. The maximum absolute atomic E-state index is 13.0. The molecule has 1 aliphatic rings. The predicted octanol–water partition coefficient (Wildman–Crippen LogP) is 4.72. The number of halogens is 3. The van der Waals surface area contributed by atoms with E-state index in [2.05, 4.69) is 20.6 Å². The highest BCUT2D eigenvalue weighted by Crippen LogP contribution is 2.31. The van der Waals surface area contributed by atoms with E-state index in [9.17, 15) is 22.8 Å². The van der Waals surface area contributed by atoms with Crippen molar-refractivity contribution in [3.8, 4) is 0 Å². The summed E-state index contributed by atoms with van der Waals surface area (Å²) in [6, 6.07) is 9.45. The molecule has 0 bridgehead atoms. The molecular formula is C28H30F3N7O3. The molecule has 0 aliphatic carbocycles. The van der Waals surface area contributed by atoms with E-state index in [4.69, 9.17) is 15.9 Å². The number of alkyl halides is 3. The van der Waals surface area contributed by atoms with Crippen molar-refractivity contribution in [3.63, 3.8) is 0 Å². The monoisotopic (exact) mass is 569 g/mol. The fraction of sp³-hybridized carbons (Fsp3) is 0.321. The summed E-state index contributed by atoms with van der Waals surface area (Å²) in [5, 5.41) is 14.5. The molecule has 1 aromatic carbocycles. The van der Waals surface area contributed by atoms with E-state index in [0.29, 0.717) is 42.3 Å². The first kappa shape index (κ1) is 29.5. The molecular weight excluding hydrogens is 539 g/mol. The second-order valence-electron chi connectivity index (χ2n) is 9.43. The zero-order valence-corrected chi connectivity index (χ0v) is 22.3. The van der Waals surface area contributed by atoms with Crippen molar-refractivity contribution in [3.05, 3.63) is 71.5 Å². The van der Waals surface area contributed by atoms with Gasteiger partial charge < -0.3 is 31.4 Å². The van der Waals surface area contributed by atoms with Crippen molar-refractivity contribution in [1.29, 1.82) is 5.41 Å². The molecule has 2 aromatic heterocycles. The first-order valence-corrected chi connectivity index (χ1v) is 13.0. The number of nitrogens with zero attached hydrogens (tertiary/aromatic N) is 3. The summed E-state index contributed by atoms with van der Waals surface area (Å²) in [6.07, 6.45) is -0.573. The molecule has 1 atom stereocenters. The fourth-order valence-corrected chi connectivity index (χ4v) is 4.49. The lowest BCUT2D eigenvalue weighted by molar-refractivity contribution is -0.138. The molecule has 1 fully saturated rings. The third kappa shape index (κ3) is 7.37. The quantitative estimate of drug-likeness (QED) is 0.273. The molecule has 0 radical (unpaired) electrons. The van der Waals surface area contributed by atoms with Crippen LogP contribution in [0.25, 0.3) is 0 Å². The van der Waals surface area contributed by atoms with Crippen molar-refractivity contribution in [2.45, 2.75) is 25.9 Å². The standard InChI is InChI=1S/C28H30F3N7O3/c1-2-41-16-23(39)38-13-3-4-18(15-38)24(32)21-10-12-35-26(33)25(21)36-20-7-5-17(6-8-20)27(40)37-22-14-19(9-11-34-22)28(29,30)31/h5-12,14,18,32,36H,2-4,13,15-16H2,1H3,(H2,33,35)(H,34,37,40). The lowest BCUT2D eigenvalue weighted by atomic mass is 9.88. The Morgan fingerprint density at radius 3 is 2.59 bits per heavy atom. The average Bonchev–Trinajstić information content (AvgIpc) is 2.96. The highest BCUT2D eigenvalue weighted by Gasteiger charge is 2.31. The number of aromatic nitrogens is 2. The predicted molar refractivity (Wildman–Crippen MR) is 148 cm³/mol. The van der Waals surface area contributed by atoms with E-state index >= 15 is 0 Å². The van der Waals surface area contributed by atoms with Crippen LogP contribution in [0.4, 0.5) is 36.2 Å². The summed E-state index contributed by atoms with van der Waals surface area (Å²) >= 11 is 0. The van der Waals surface area contributed by atoms with Gasteiger partial charge in [-0.2, -0.15) is 13.2 Å². The van der Waals surface area contributed by atoms with Crippen LogP contribution in [0.15, 0.2) is 54.9 Å². The van der Waals surface area contributed by atoms with E-state index in [1.54, 1.807) is 23.1 Å². The van der Waals surface area contributed by atoms with E-state index < -0.39 is 17.6 Å². The van der Waals surface area contributed by atoms with Gasteiger partial charge in [-0.3, -0.25) is 9.59 Å². The van der Waals surface area contributed by atoms with Crippen LogP contribution in [0.2, 0.25) is 0 Å². The van der Waals surface area contributed by atoms with E-state index in [0.717, 1.165) is 31.2 Å². The molecule has 4 rings (SSSR count). The number of pyridine rings is 2. The molecule has 3 aromatic rings. The van der Waals surface area contributed by atoms with Gasteiger partial charge in [-0.1, -0.05) is 0 Å². The minimum absolute atomic E-state index is 0.00996. The number of amides is 2. The van der Waals surface area contributed by atoms with Crippen molar-refractivity contribution >= 4 is 40.5 Å². The third-order valence-corrected chi connectivity index (χ3v) is 6.63. The highest BCUT2D eigenvalue weighted by atomic mass is 19.4. The Morgan fingerprint density at radius 2 is 1.88 bits per heavy atom. The summed E-state index contributed by atoms with van der Waals surface area (Å²) < 4.78 is 44.1. The van der Waals surface area contributed by atoms with Crippen LogP contribution in [-0.4, -0.2) is 58.7 Å². The third-order valence-electron chi connectivity index (χ3n) is 6.63. The normalized spacial score (nSPS) is 15.3. The van der Waals surface area contributed by atoms with Gasteiger partial charge in [-0.15, -0.1) is 0 Å². The number of ether oxygens (including phenoxy) is 1. The zero-order chi connectivity index (χ0) is 29.6. The maximum atomic E-state index is 13.0. The fourth-order valence-electron chi connectivity index (χ4n) is 4.49. The van der Waals surface area contributed by atoms with Crippen molar-refractivity contribution in [2.75, 3.05) is 42.7 Å².